The van der Waals surface area contributed by atoms with Crippen LogP contribution in [0.2, 0.25) is 0 Å². The predicted molar refractivity (Wildman–Crippen MR) is 68.1 cm³/mol. The van der Waals surface area contributed by atoms with Crippen molar-refractivity contribution in [3.63, 3.8) is 0 Å². The zero-order chi connectivity index (χ0) is 14.2. The zero-order valence-electron chi connectivity index (χ0n) is 10.1. The maximum Gasteiger partial charge on any atom is 0.269 e. The molecule has 0 aliphatic carbocycles. The van der Waals surface area contributed by atoms with Crippen molar-refractivity contribution in [1.82, 2.24) is 0 Å². The number of ether oxygens (including phenoxy) is 1. The monoisotopic (exact) mass is 313 g/mol. The average molecular weight is 314 g/mol. The van der Waals surface area contributed by atoms with E-state index < -0.39 is 41.5 Å². The number of benzene rings is 1. The molecular weight excluding hydrogens is 302 g/mol. The Kier molecular flexibility index (Phi) is 4.82. The van der Waals surface area contributed by atoms with Crippen LogP contribution in [0.1, 0.15) is 5.56 Å². The third-order valence-corrected chi connectivity index (χ3v) is 2.83. The molecule has 0 saturated carbocycles. The van der Waals surface area contributed by atoms with Gasteiger partial charge in [0.05, 0.1) is 12.3 Å². The molecule has 1 unspecified atom stereocenters. The first-order valence-electron chi connectivity index (χ1n) is 5.32. The molecule has 4 nitrogen and oxygen atoms in total. The normalized spacial score (nSPS) is 22.4. The summed E-state index contributed by atoms with van der Waals surface area (Å²) in [6.45, 7) is -0.680. The summed E-state index contributed by atoms with van der Waals surface area (Å²) < 4.78 is 58.3. The van der Waals surface area contributed by atoms with E-state index in [0.717, 1.165) is 6.07 Å². The van der Waals surface area contributed by atoms with Crippen LogP contribution >= 0.6 is 12.4 Å². The van der Waals surface area contributed by atoms with Crippen LogP contribution < -0.4 is 11.5 Å². The van der Waals surface area contributed by atoms with Gasteiger partial charge in [-0.15, -0.1) is 12.4 Å². The van der Waals surface area contributed by atoms with Gasteiger partial charge < -0.3 is 16.2 Å². The Morgan fingerprint density at radius 2 is 1.85 bits per heavy atom. The molecule has 1 aromatic rings. The zero-order valence-corrected chi connectivity index (χ0v) is 10.9. The number of hydrogen-bond acceptors (Lipinski definition) is 4. The molecule has 0 bridgehead atoms. The van der Waals surface area contributed by atoms with Crippen molar-refractivity contribution in [3.05, 3.63) is 29.3 Å². The summed E-state index contributed by atoms with van der Waals surface area (Å²) in [4.78, 5) is 3.62. The molecule has 112 valence electrons. The molecule has 1 aliphatic rings. The Balaban J connectivity index is 0.00000200. The fourth-order valence-electron chi connectivity index (χ4n) is 1.90. The first kappa shape index (κ1) is 16.5. The molecule has 20 heavy (non-hydrogen) atoms. The number of nitrogen functional groups attached to an aromatic ring is 1. The van der Waals surface area contributed by atoms with Gasteiger partial charge in [0, 0.05) is 11.6 Å². The lowest BCUT2D eigenvalue weighted by Crippen LogP contribution is -2.45. The van der Waals surface area contributed by atoms with Gasteiger partial charge in [-0.3, -0.25) is 4.99 Å². The highest BCUT2D eigenvalue weighted by Crippen LogP contribution is 2.38. The molecule has 9 heteroatoms. The van der Waals surface area contributed by atoms with Gasteiger partial charge in [0.25, 0.3) is 6.43 Å². The van der Waals surface area contributed by atoms with Crippen LogP contribution in [-0.4, -0.2) is 25.5 Å². The molecule has 1 atom stereocenters. The number of halogens is 5. The standard InChI is InChI=1S/C11H11F4N3O.ClH/c12-6-2-7(13)8(16)1-5(6)11(10(14)15)4-19-3-9(17)18-11;/h1-2,10H,3-4,16H2,(H2,17,18);1H. The molecule has 1 aliphatic heterocycles. The average Bonchev–Trinajstić information content (AvgIpc) is 2.33. The van der Waals surface area contributed by atoms with E-state index in [2.05, 4.69) is 4.99 Å². The van der Waals surface area contributed by atoms with Gasteiger partial charge in [-0.25, -0.2) is 17.6 Å². The highest BCUT2D eigenvalue weighted by molar-refractivity contribution is 5.85. The van der Waals surface area contributed by atoms with Crippen molar-refractivity contribution in [3.8, 4) is 0 Å². The summed E-state index contributed by atoms with van der Waals surface area (Å²) in [7, 11) is 0. The molecule has 1 heterocycles. The SMILES string of the molecule is Cl.NC1=NC(c2cc(N)c(F)cc2F)(C(F)F)COC1. The van der Waals surface area contributed by atoms with Gasteiger partial charge in [0.1, 0.15) is 24.1 Å². The predicted octanol–water partition coefficient (Wildman–Crippen LogP) is 1.82. The van der Waals surface area contributed by atoms with Crippen molar-refractivity contribution in [1.29, 1.82) is 0 Å². The summed E-state index contributed by atoms with van der Waals surface area (Å²) in [6, 6.07) is 1.23. The summed E-state index contributed by atoms with van der Waals surface area (Å²) in [5.41, 5.74) is 7.37. The fourth-order valence-corrected chi connectivity index (χ4v) is 1.90. The smallest absolute Gasteiger partial charge is 0.269 e. The highest BCUT2D eigenvalue weighted by atomic mass is 35.5. The summed E-state index contributed by atoms with van der Waals surface area (Å²) in [5, 5.41) is 0. The number of aliphatic imine (C=N–C) groups is 1. The second-order valence-corrected chi connectivity index (χ2v) is 4.17. The minimum Gasteiger partial charge on any atom is -0.396 e. The first-order valence-corrected chi connectivity index (χ1v) is 5.32. The molecule has 0 radical (unpaired) electrons. The van der Waals surface area contributed by atoms with Gasteiger partial charge in [-0.05, 0) is 6.07 Å². The van der Waals surface area contributed by atoms with Crippen LogP contribution in [0.25, 0.3) is 0 Å². The van der Waals surface area contributed by atoms with E-state index in [4.69, 9.17) is 16.2 Å². The molecular formula is C11H12ClF4N3O. The Morgan fingerprint density at radius 1 is 1.20 bits per heavy atom. The number of hydrogen-bond donors (Lipinski definition) is 2. The second kappa shape index (κ2) is 5.84. The van der Waals surface area contributed by atoms with E-state index in [0.29, 0.717) is 6.07 Å². The van der Waals surface area contributed by atoms with Gasteiger partial charge in [0.15, 0.2) is 5.54 Å². The van der Waals surface area contributed by atoms with E-state index in [9.17, 15) is 17.6 Å². The highest BCUT2D eigenvalue weighted by Gasteiger charge is 2.46. The number of nitrogens with two attached hydrogens (primary N) is 2. The van der Waals surface area contributed by atoms with Crippen molar-refractivity contribution in [2.45, 2.75) is 12.0 Å². The number of nitrogens with zero attached hydrogens (tertiary/aromatic N) is 1. The molecule has 0 amide bonds. The lowest BCUT2D eigenvalue weighted by Gasteiger charge is -2.33. The van der Waals surface area contributed by atoms with E-state index in [1.807, 2.05) is 0 Å². The van der Waals surface area contributed by atoms with Crippen molar-refractivity contribution >= 4 is 23.9 Å². The minimum absolute atomic E-state index is 0. The molecule has 1 aromatic carbocycles. The van der Waals surface area contributed by atoms with Crippen LogP contribution in [0.4, 0.5) is 23.2 Å². The lowest BCUT2D eigenvalue weighted by molar-refractivity contribution is -0.0146. The largest absolute Gasteiger partial charge is 0.396 e. The quantitative estimate of drug-likeness (QED) is 0.646. The van der Waals surface area contributed by atoms with Crippen LogP contribution in [0.3, 0.4) is 0 Å². The molecule has 0 fully saturated rings. The Bertz CT molecular complexity index is 541. The van der Waals surface area contributed by atoms with Gasteiger partial charge in [-0.1, -0.05) is 0 Å². The van der Waals surface area contributed by atoms with Crippen molar-refractivity contribution in [2.75, 3.05) is 18.9 Å². The first-order chi connectivity index (χ1) is 8.86. The van der Waals surface area contributed by atoms with E-state index in [1.54, 1.807) is 0 Å². The minimum atomic E-state index is -3.08. The van der Waals surface area contributed by atoms with Crippen LogP contribution in [0.15, 0.2) is 17.1 Å². The van der Waals surface area contributed by atoms with Crippen LogP contribution in [0.5, 0.6) is 0 Å². The molecule has 0 spiro atoms. The fraction of sp³-hybridized carbons (Fsp3) is 0.364. The second-order valence-electron chi connectivity index (χ2n) is 4.17. The van der Waals surface area contributed by atoms with Crippen LogP contribution in [0, 0.1) is 11.6 Å². The van der Waals surface area contributed by atoms with Crippen LogP contribution in [-0.2, 0) is 10.3 Å². The number of amidine groups is 1. The molecule has 0 saturated heterocycles. The topological polar surface area (TPSA) is 73.6 Å². The Hall–Kier alpha value is -1.54. The lowest BCUT2D eigenvalue weighted by atomic mass is 9.90. The third-order valence-electron chi connectivity index (χ3n) is 2.83. The third kappa shape index (κ3) is 2.66. The number of rotatable bonds is 2. The molecule has 0 aromatic heterocycles. The van der Waals surface area contributed by atoms with E-state index in [-0.39, 0.29) is 24.8 Å². The van der Waals surface area contributed by atoms with Gasteiger partial charge >= 0.3 is 0 Å². The van der Waals surface area contributed by atoms with Crippen molar-refractivity contribution < 1.29 is 22.3 Å². The van der Waals surface area contributed by atoms with Gasteiger partial charge in [-0.2, -0.15) is 0 Å². The molecule has 2 rings (SSSR count). The Labute approximate surface area is 118 Å². The Morgan fingerprint density at radius 3 is 2.40 bits per heavy atom. The maximum absolute atomic E-state index is 13.8. The summed E-state index contributed by atoms with van der Waals surface area (Å²) in [5.74, 6) is -2.39. The molecule has 4 N–H and O–H groups in total. The van der Waals surface area contributed by atoms with E-state index in [1.165, 1.54) is 0 Å². The van der Waals surface area contributed by atoms with Gasteiger partial charge in [0.2, 0.25) is 0 Å². The number of anilines is 1. The van der Waals surface area contributed by atoms with Crippen molar-refractivity contribution in [2.24, 2.45) is 10.7 Å². The number of alkyl halides is 2. The maximum atomic E-state index is 13.8. The summed E-state index contributed by atoms with van der Waals surface area (Å²) in [6.07, 6.45) is -3.08. The summed E-state index contributed by atoms with van der Waals surface area (Å²) >= 11 is 0. The van der Waals surface area contributed by atoms with E-state index >= 15 is 0 Å².